The highest BCUT2D eigenvalue weighted by atomic mass is 16.2. The average Bonchev–Trinajstić information content (AvgIpc) is 2.07. The number of nitrogens with zero attached hydrogens (tertiary/aromatic N) is 1. The van der Waals surface area contributed by atoms with E-state index in [-0.39, 0.29) is 11.6 Å². The zero-order valence-electron chi connectivity index (χ0n) is 6.97. The molecule has 0 saturated heterocycles. The van der Waals surface area contributed by atoms with Gasteiger partial charge in [-0.05, 0) is 13.8 Å². The van der Waals surface area contributed by atoms with Crippen LogP contribution in [0.5, 0.6) is 0 Å². The number of carbonyl (C=O) groups excluding carboxylic acids is 2. The van der Waals surface area contributed by atoms with E-state index in [1.54, 1.807) is 11.8 Å². The number of rotatable bonds is 1. The highest BCUT2D eigenvalue weighted by Crippen LogP contribution is 2.17. The second-order valence-electron chi connectivity index (χ2n) is 2.80. The van der Waals surface area contributed by atoms with Crippen LogP contribution in [0, 0.1) is 0 Å². The summed E-state index contributed by atoms with van der Waals surface area (Å²) in [5.41, 5.74) is 1.16. The van der Waals surface area contributed by atoms with Crippen LogP contribution in [0.15, 0.2) is 11.3 Å². The third kappa shape index (κ3) is 1.18. The van der Waals surface area contributed by atoms with E-state index in [0.717, 1.165) is 5.70 Å². The lowest BCUT2D eigenvalue weighted by Crippen LogP contribution is -2.15. The van der Waals surface area contributed by atoms with Crippen molar-refractivity contribution in [1.82, 2.24) is 4.90 Å². The average molecular weight is 153 g/mol. The summed E-state index contributed by atoms with van der Waals surface area (Å²) in [4.78, 5) is 23.8. The first-order valence-electron chi connectivity index (χ1n) is 3.50. The number of carbonyl (C=O) groups is 2. The summed E-state index contributed by atoms with van der Waals surface area (Å²) in [7, 11) is 1.81. The highest BCUT2D eigenvalue weighted by Gasteiger charge is 2.26. The van der Waals surface area contributed by atoms with E-state index < -0.39 is 0 Å². The molecule has 0 bridgehead atoms. The zero-order chi connectivity index (χ0) is 8.59. The van der Waals surface area contributed by atoms with Crippen LogP contribution in [0.2, 0.25) is 0 Å². The Morgan fingerprint density at radius 3 is 2.27 bits per heavy atom. The van der Waals surface area contributed by atoms with Gasteiger partial charge in [-0.25, -0.2) is 0 Å². The standard InChI is InChI=1S/C8H11NO2/c1-5-8(6(2)10)7(11)4-9(5)3/h4H2,1-3H3. The largest absolute Gasteiger partial charge is 0.370 e. The van der Waals surface area contributed by atoms with Gasteiger partial charge < -0.3 is 4.90 Å². The first-order valence-corrected chi connectivity index (χ1v) is 3.50. The van der Waals surface area contributed by atoms with E-state index >= 15 is 0 Å². The van der Waals surface area contributed by atoms with Crippen molar-refractivity contribution >= 4 is 11.6 Å². The van der Waals surface area contributed by atoms with Gasteiger partial charge in [0, 0.05) is 12.7 Å². The van der Waals surface area contributed by atoms with Gasteiger partial charge in [0.2, 0.25) is 0 Å². The first-order chi connectivity index (χ1) is 5.04. The minimum absolute atomic E-state index is 0.0579. The van der Waals surface area contributed by atoms with Gasteiger partial charge in [0.1, 0.15) is 0 Å². The maximum absolute atomic E-state index is 11.1. The van der Waals surface area contributed by atoms with Gasteiger partial charge in [-0.3, -0.25) is 9.59 Å². The number of ketones is 2. The Bertz CT molecular complexity index is 253. The van der Waals surface area contributed by atoms with E-state index in [2.05, 4.69) is 0 Å². The molecule has 1 rings (SSSR count). The van der Waals surface area contributed by atoms with Crippen molar-refractivity contribution < 1.29 is 9.59 Å². The molecule has 1 heterocycles. The van der Waals surface area contributed by atoms with Crippen molar-refractivity contribution in [2.45, 2.75) is 13.8 Å². The summed E-state index contributed by atoms with van der Waals surface area (Å²) in [5, 5.41) is 0. The van der Waals surface area contributed by atoms with Crippen molar-refractivity contribution in [3.63, 3.8) is 0 Å². The van der Waals surface area contributed by atoms with Gasteiger partial charge >= 0.3 is 0 Å². The molecule has 0 aromatic carbocycles. The van der Waals surface area contributed by atoms with E-state index in [4.69, 9.17) is 0 Å². The molecule has 3 nitrogen and oxygen atoms in total. The lowest BCUT2D eigenvalue weighted by Gasteiger charge is -2.09. The van der Waals surface area contributed by atoms with Gasteiger partial charge in [0.05, 0.1) is 12.1 Å². The monoisotopic (exact) mass is 153 g/mol. The van der Waals surface area contributed by atoms with E-state index in [1.165, 1.54) is 6.92 Å². The summed E-state index contributed by atoms with van der Waals surface area (Å²) in [6.45, 7) is 3.57. The Kier molecular flexibility index (Phi) is 1.81. The molecule has 0 aromatic heterocycles. The van der Waals surface area contributed by atoms with E-state index in [0.29, 0.717) is 12.1 Å². The van der Waals surface area contributed by atoms with Crippen molar-refractivity contribution in [1.29, 1.82) is 0 Å². The van der Waals surface area contributed by atoms with E-state index in [9.17, 15) is 9.59 Å². The van der Waals surface area contributed by atoms with E-state index in [1.807, 2.05) is 7.05 Å². The molecule has 11 heavy (non-hydrogen) atoms. The number of hydrogen-bond acceptors (Lipinski definition) is 3. The molecule has 0 saturated carbocycles. The SMILES string of the molecule is CC(=O)C1=C(C)N(C)CC1=O. The fourth-order valence-electron chi connectivity index (χ4n) is 1.26. The molecule has 0 fully saturated rings. The van der Waals surface area contributed by atoms with Crippen molar-refractivity contribution in [2.75, 3.05) is 13.6 Å². The number of likely N-dealkylation sites (N-methyl/N-ethyl adjacent to an activating group) is 1. The number of hydrogen-bond donors (Lipinski definition) is 0. The van der Waals surface area contributed by atoms with Gasteiger partial charge in [0.25, 0.3) is 0 Å². The zero-order valence-corrected chi connectivity index (χ0v) is 6.97. The Morgan fingerprint density at radius 2 is 2.09 bits per heavy atom. The van der Waals surface area contributed by atoms with Crippen LogP contribution >= 0.6 is 0 Å². The highest BCUT2D eigenvalue weighted by molar-refractivity contribution is 6.21. The topological polar surface area (TPSA) is 37.4 Å². The normalized spacial score (nSPS) is 18.1. The maximum atomic E-state index is 11.1. The Labute approximate surface area is 65.7 Å². The van der Waals surface area contributed by atoms with Crippen LogP contribution in [0.3, 0.4) is 0 Å². The lowest BCUT2D eigenvalue weighted by molar-refractivity contribution is -0.119. The molecule has 0 N–H and O–H groups in total. The van der Waals surface area contributed by atoms with Crippen LogP contribution in [-0.2, 0) is 9.59 Å². The molecule has 0 radical (unpaired) electrons. The minimum Gasteiger partial charge on any atom is -0.370 e. The molecule has 0 unspecified atom stereocenters. The van der Waals surface area contributed by atoms with Gasteiger partial charge in [-0.15, -0.1) is 0 Å². The molecule has 1 aliphatic rings. The molecule has 0 aromatic rings. The Morgan fingerprint density at radius 1 is 1.55 bits per heavy atom. The van der Waals surface area contributed by atoms with Crippen LogP contribution in [0.4, 0.5) is 0 Å². The molecule has 0 amide bonds. The second-order valence-corrected chi connectivity index (χ2v) is 2.80. The van der Waals surface area contributed by atoms with Crippen molar-refractivity contribution in [3.8, 4) is 0 Å². The summed E-state index contributed by atoms with van der Waals surface area (Å²) < 4.78 is 0. The van der Waals surface area contributed by atoms with Gasteiger partial charge in [-0.1, -0.05) is 0 Å². The Hall–Kier alpha value is -1.12. The van der Waals surface area contributed by atoms with Crippen molar-refractivity contribution in [3.05, 3.63) is 11.3 Å². The molecule has 0 atom stereocenters. The fraction of sp³-hybridized carbons (Fsp3) is 0.500. The smallest absolute Gasteiger partial charge is 0.187 e. The van der Waals surface area contributed by atoms with Crippen LogP contribution in [-0.4, -0.2) is 30.1 Å². The maximum Gasteiger partial charge on any atom is 0.187 e. The molecule has 0 aliphatic carbocycles. The summed E-state index contributed by atoms with van der Waals surface area (Å²) in [5.74, 6) is -0.186. The number of allylic oxidation sites excluding steroid dienone is 1. The molecule has 60 valence electrons. The van der Waals surface area contributed by atoms with Gasteiger partial charge in [0.15, 0.2) is 11.6 Å². The third-order valence-electron chi connectivity index (χ3n) is 1.95. The summed E-state index contributed by atoms with van der Waals surface area (Å²) >= 11 is 0. The molecule has 1 aliphatic heterocycles. The Balaban J connectivity index is 3.07. The molecular weight excluding hydrogens is 142 g/mol. The van der Waals surface area contributed by atoms with Crippen LogP contribution in [0.1, 0.15) is 13.8 Å². The first kappa shape index (κ1) is 7.98. The predicted molar refractivity (Wildman–Crippen MR) is 41.0 cm³/mol. The number of Topliss-reactive ketones (excluding diaryl/α,β-unsaturated/α-hetero) is 2. The van der Waals surface area contributed by atoms with Crippen LogP contribution in [0.25, 0.3) is 0 Å². The van der Waals surface area contributed by atoms with Crippen molar-refractivity contribution in [2.24, 2.45) is 0 Å². The third-order valence-corrected chi connectivity index (χ3v) is 1.95. The minimum atomic E-state index is -0.128. The summed E-state index contributed by atoms with van der Waals surface area (Å²) in [6, 6.07) is 0. The molecule has 0 spiro atoms. The second kappa shape index (κ2) is 2.49. The summed E-state index contributed by atoms with van der Waals surface area (Å²) in [6.07, 6.45) is 0. The fourth-order valence-corrected chi connectivity index (χ4v) is 1.26. The molecule has 3 heteroatoms. The lowest BCUT2D eigenvalue weighted by atomic mass is 10.1. The van der Waals surface area contributed by atoms with Gasteiger partial charge in [-0.2, -0.15) is 0 Å². The molecular formula is C8H11NO2. The quantitative estimate of drug-likeness (QED) is 0.510. The predicted octanol–water partition coefficient (Wildman–Crippen LogP) is 0.364. The van der Waals surface area contributed by atoms with Crippen LogP contribution < -0.4 is 0 Å².